The SMILES string of the molecule is NC(=S)c1ccc(Cl)cc1Oc1ccc(Cl)cc1Br. The Morgan fingerprint density at radius 3 is 2.32 bits per heavy atom. The number of thiocarbonyl (C=S) groups is 1. The molecule has 0 aliphatic heterocycles. The van der Waals surface area contributed by atoms with E-state index in [9.17, 15) is 0 Å². The molecule has 0 radical (unpaired) electrons. The van der Waals surface area contributed by atoms with Crippen LogP contribution in [0.5, 0.6) is 11.5 Å². The minimum atomic E-state index is 0.247. The molecule has 2 aromatic carbocycles. The van der Waals surface area contributed by atoms with Crippen LogP contribution in [0, 0.1) is 0 Å². The molecule has 2 aromatic rings. The fourth-order valence-electron chi connectivity index (χ4n) is 1.46. The van der Waals surface area contributed by atoms with E-state index in [0.717, 1.165) is 4.47 Å². The van der Waals surface area contributed by atoms with Crippen molar-refractivity contribution in [3.63, 3.8) is 0 Å². The summed E-state index contributed by atoms with van der Waals surface area (Å²) in [6, 6.07) is 10.3. The van der Waals surface area contributed by atoms with Crippen LogP contribution in [0.15, 0.2) is 40.9 Å². The van der Waals surface area contributed by atoms with Gasteiger partial charge in [0.2, 0.25) is 0 Å². The lowest BCUT2D eigenvalue weighted by Crippen LogP contribution is -2.10. The van der Waals surface area contributed by atoms with Gasteiger partial charge < -0.3 is 10.5 Å². The second kappa shape index (κ2) is 6.09. The Balaban J connectivity index is 2.42. The Hall–Kier alpha value is -0.810. The largest absolute Gasteiger partial charge is 0.455 e. The van der Waals surface area contributed by atoms with Gasteiger partial charge in [-0.2, -0.15) is 0 Å². The van der Waals surface area contributed by atoms with Crippen LogP contribution in [-0.2, 0) is 0 Å². The van der Waals surface area contributed by atoms with Gasteiger partial charge in [-0.05, 0) is 46.3 Å². The van der Waals surface area contributed by atoms with Crippen molar-refractivity contribution < 1.29 is 4.74 Å². The predicted octanol–water partition coefficient (Wildman–Crippen LogP) is 5.18. The van der Waals surface area contributed by atoms with Gasteiger partial charge in [0.1, 0.15) is 16.5 Å². The molecular formula is C13H8BrCl2NOS. The number of rotatable bonds is 3. The standard InChI is InChI=1S/C13H8BrCl2NOS/c14-10-5-7(15)2-4-11(10)18-12-6-8(16)1-3-9(12)13(17)19/h1-6H,(H2,17,19). The maximum Gasteiger partial charge on any atom is 0.141 e. The summed E-state index contributed by atoms with van der Waals surface area (Å²) >= 11 is 20.2. The highest BCUT2D eigenvalue weighted by Gasteiger charge is 2.10. The Labute approximate surface area is 134 Å². The maximum atomic E-state index is 5.96. The average molecular weight is 377 g/mol. The molecule has 98 valence electrons. The van der Waals surface area contributed by atoms with Gasteiger partial charge in [0.15, 0.2) is 0 Å². The first-order valence-electron chi connectivity index (χ1n) is 5.19. The molecule has 0 amide bonds. The van der Waals surface area contributed by atoms with E-state index in [0.29, 0.717) is 27.1 Å². The summed E-state index contributed by atoms with van der Waals surface area (Å²) in [5, 5.41) is 1.15. The quantitative estimate of drug-likeness (QED) is 0.749. The first-order chi connectivity index (χ1) is 8.97. The van der Waals surface area contributed by atoms with Crippen LogP contribution in [0.1, 0.15) is 5.56 Å². The molecule has 2 N–H and O–H groups in total. The highest BCUT2D eigenvalue weighted by molar-refractivity contribution is 9.10. The third-order valence-electron chi connectivity index (χ3n) is 2.32. The van der Waals surface area contributed by atoms with E-state index in [2.05, 4.69) is 15.9 Å². The first-order valence-corrected chi connectivity index (χ1v) is 7.15. The summed E-state index contributed by atoms with van der Waals surface area (Å²) < 4.78 is 6.51. The van der Waals surface area contributed by atoms with Crippen LogP contribution in [0.2, 0.25) is 10.0 Å². The highest BCUT2D eigenvalue weighted by atomic mass is 79.9. The first kappa shape index (κ1) is 14.6. The smallest absolute Gasteiger partial charge is 0.141 e. The fourth-order valence-corrected chi connectivity index (χ4v) is 2.55. The van der Waals surface area contributed by atoms with Crippen molar-refractivity contribution >= 4 is 56.3 Å². The fraction of sp³-hybridized carbons (Fsp3) is 0. The molecule has 0 fully saturated rings. The van der Waals surface area contributed by atoms with Gasteiger partial charge in [-0.3, -0.25) is 0 Å². The second-order valence-electron chi connectivity index (χ2n) is 3.68. The topological polar surface area (TPSA) is 35.2 Å². The van der Waals surface area contributed by atoms with Gasteiger partial charge >= 0.3 is 0 Å². The van der Waals surface area contributed by atoms with E-state index in [4.69, 9.17) is 45.9 Å². The van der Waals surface area contributed by atoms with E-state index in [-0.39, 0.29) is 4.99 Å². The lowest BCUT2D eigenvalue weighted by Gasteiger charge is -2.12. The molecule has 0 unspecified atom stereocenters. The van der Waals surface area contributed by atoms with Crippen LogP contribution >= 0.6 is 51.3 Å². The van der Waals surface area contributed by atoms with Crippen molar-refractivity contribution in [1.29, 1.82) is 0 Å². The van der Waals surface area contributed by atoms with Crippen molar-refractivity contribution in [3.05, 3.63) is 56.5 Å². The Bertz CT molecular complexity index is 649. The monoisotopic (exact) mass is 375 g/mol. The Kier molecular flexibility index (Phi) is 4.68. The number of halogens is 3. The summed E-state index contributed by atoms with van der Waals surface area (Å²) in [4.78, 5) is 0.247. The molecule has 0 saturated carbocycles. The molecule has 0 aromatic heterocycles. The summed E-state index contributed by atoms with van der Waals surface area (Å²) in [5.41, 5.74) is 6.28. The van der Waals surface area contributed by atoms with Gasteiger partial charge in [0, 0.05) is 16.1 Å². The van der Waals surface area contributed by atoms with Crippen molar-refractivity contribution in [1.82, 2.24) is 0 Å². The molecule has 0 spiro atoms. The lowest BCUT2D eigenvalue weighted by atomic mass is 10.2. The third-order valence-corrected chi connectivity index (χ3v) is 3.63. The minimum absolute atomic E-state index is 0.247. The summed E-state index contributed by atoms with van der Waals surface area (Å²) in [5.74, 6) is 1.10. The molecule has 2 rings (SSSR count). The summed E-state index contributed by atoms with van der Waals surface area (Å²) in [6.07, 6.45) is 0. The van der Waals surface area contributed by atoms with Gasteiger partial charge in [-0.1, -0.05) is 35.4 Å². The zero-order valence-corrected chi connectivity index (χ0v) is 13.4. The summed E-state index contributed by atoms with van der Waals surface area (Å²) in [6.45, 7) is 0. The maximum absolute atomic E-state index is 5.96. The van der Waals surface area contributed by atoms with Crippen molar-refractivity contribution in [2.75, 3.05) is 0 Å². The Morgan fingerprint density at radius 2 is 1.68 bits per heavy atom. The molecule has 19 heavy (non-hydrogen) atoms. The van der Waals surface area contributed by atoms with Crippen LogP contribution < -0.4 is 10.5 Å². The molecular weight excluding hydrogens is 369 g/mol. The zero-order chi connectivity index (χ0) is 14.0. The van der Waals surface area contributed by atoms with Crippen LogP contribution in [0.25, 0.3) is 0 Å². The highest BCUT2D eigenvalue weighted by Crippen LogP contribution is 2.34. The van der Waals surface area contributed by atoms with Crippen molar-refractivity contribution in [2.24, 2.45) is 5.73 Å². The van der Waals surface area contributed by atoms with Gasteiger partial charge in [-0.25, -0.2) is 0 Å². The number of hydrogen-bond acceptors (Lipinski definition) is 2. The lowest BCUT2D eigenvalue weighted by molar-refractivity contribution is 0.479. The molecule has 0 bridgehead atoms. The van der Waals surface area contributed by atoms with Gasteiger partial charge in [0.05, 0.1) is 10.0 Å². The Morgan fingerprint density at radius 1 is 1.05 bits per heavy atom. The molecule has 0 aliphatic rings. The van der Waals surface area contributed by atoms with Gasteiger partial charge in [-0.15, -0.1) is 0 Å². The van der Waals surface area contributed by atoms with Crippen LogP contribution in [0.4, 0.5) is 0 Å². The van der Waals surface area contributed by atoms with Gasteiger partial charge in [0.25, 0.3) is 0 Å². The number of hydrogen-bond donors (Lipinski definition) is 1. The number of benzene rings is 2. The average Bonchev–Trinajstić information content (AvgIpc) is 2.32. The van der Waals surface area contributed by atoms with Crippen molar-refractivity contribution in [3.8, 4) is 11.5 Å². The van der Waals surface area contributed by atoms with Crippen LogP contribution in [-0.4, -0.2) is 4.99 Å². The predicted molar refractivity (Wildman–Crippen MR) is 86.6 cm³/mol. The number of nitrogens with two attached hydrogens (primary N) is 1. The van der Waals surface area contributed by atoms with Crippen LogP contribution in [0.3, 0.4) is 0 Å². The normalized spacial score (nSPS) is 10.3. The van der Waals surface area contributed by atoms with E-state index in [1.54, 1.807) is 36.4 Å². The zero-order valence-electron chi connectivity index (χ0n) is 9.49. The van der Waals surface area contributed by atoms with E-state index >= 15 is 0 Å². The number of ether oxygens (including phenoxy) is 1. The van der Waals surface area contributed by atoms with E-state index in [1.807, 2.05) is 0 Å². The molecule has 0 saturated heterocycles. The minimum Gasteiger partial charge on any atom is -0.455 e. The molecule has 2 nitrogen and oxygen atoms in total. The third kappa shape index (κ3) is 3.60. The molecule has 0 aliphatic carbocycles. The molecule has 6 heteroatoms. The van der Waals surface area contributed by atoms with E-state index < -0.39 is 0 Å². The molecule has 0 atom stereocenters. The molecule has 0 heterocycles. The summed E-state index contributed by atoms with van der Waals surface area (Å²) in [7, 11) is 0. The second-order valence-corrected chi connectivity index (χ2v) is 5.85. The van der Waals surface area contributed by atoms with Crippen molar-refractivity contribution in [2.45, 2.75) is 0 Å². The van der Waals surface area contributed by atoms with E-state index in [1.165, 1.54) is 0 Å².